The van der Waals surface area contributed by atoms with E-state index in [-0.39, 0.29) is 5.92 Å². The number of rotatable bonds is 1. The lowest BCUT2D eigenvalue weighted by molar-refractivity contribution is 0.502. The maximum Gasteiger partial charge on any atom is 0.198 e. The molecule has 0 aliphatic heterocycles. The van der Waals surface area contributed by atoms with Crippen LogP contribution in [0.3, 0.4) is 0 Å². The van der Waals surface area contributed by atoms with E-state index in [0.29, 0.717) is 22.2 Å². The first-order valence-electron chi connectivity index (χ1n) is 4.43. The highest BCUT2D eigenvalue weighted by Gasteiger charge is 2.11. The molecule has 74 valence electrons. The Morgan fingerprint density at radius 1 is 1.43 bits per heavy atom. The summed E-state index contributed by atoms with van der Waals surface area (Å²) in [5.41, 5.74) is 7.63. The van der Waals surface area contributed by atoms with Gasteiger partial charge in [-0.05, 0) is 12.1 Å². The van der Waals surface area contributed by atoms with Gasteiger partial charge in [0, 0.05) is 10.9 Å². The molecule has 4 heteroatoms. The van der Waals surface area contributed by atoms with E-state index in [9.17, 15) is 0 Å². The fourth-order valence-electron chi connectivity index (χ4n) is 1.29. The minimum Gasteiger partial charge on any atom is -0.438 e. The van der Waals surface area contributed by atoms with Crippen molar-refractivity contribution in [2.24, 2.45) is 0 Å². The van der Waals surface area contributed by atoms with Gasteiger partial charge in [-0.3, -0.25) is 0 Å². The number of nitrogens with two attached hydrogens (primary N) is 1. The SMILES string of the molecule is CC(C)c1nc2cc(Cl)cc(N)c2o1. The molecule has 0 saturated carbocycles. The van der Waals surface area contributed by atoms with Gasteiger partial charge in [0.05, 0.1) is 5.69 Å². The van der Waals surface area contributed by atoms with Gasteiger partial charge in [-0.25, -0.2) is 4.98 Å². The summed E-state index contributed by atoms with van der Waals surface area (Å²) in [4.78, 5) is 4.30. The second-order valence-corrected chi connectivity index (χ2v) is 3.99. The van der Waals surface area contributed by atoms with Gasteiger partial charge in [-0.2, -0.15) is 0 Å². The van der Waals surface area contributed by atoms with Gasteiger partial charge in [-0.1, -0.05) is 25.4 Å². The zero-order valence-electron chi connectivity index (χ0n) is 8.04. The maximum atomic E-state index is 5.85. The summed E-state index contributed by atoms with van der Waals surface area (Å²) < 4.78 is 5.52. The van der Waals surface area contributed by atoms with Gasteiger partial charge in [-0.15, -0.1) is 0 Å². The molecule has 0 aliphatic carbocycles. The fourth-order valence-corrected chi connectivity index (χ4v) is 1.51. The largest absolute Gasteiger partial charge is 0.438 e. The lowest BCUT2D eigenvalue weighted by Gasteiger charge is -1.95. The molecule has 0 radical (unpaired) electrons. The zero-order chi connectivity index (χ0) is 10.3. The molecule has 0 spiro atoms. The highest BCUT2D eigenvalue weighted by Crippen LogP contribution is 2.28. The first kappa shape index (κ1) is 9.34. The van der Waals surface area contributed by atoms with Crippen LogP contribution in [0.1, 0.15) is 25.7 Å². The van der Waals surface area contributed by atoms with Crippen LogP contribution in [0.4, 0.5) is 5.69 Å². The number of hydrogen-bond acceptors (Lipinski definition) is 3. The molecule has 0 bridgehead atoms. The van der Waals surface area contributed by atoms with Crippen LogP contribution in [-0.4, -0.2) is 4.98 Å². The van der Waals surface area contributed by atoms with Crippen LogP contribution in [-0.2, 0) is 0 Å². The molecule has 1 aromatic heterocycles. The highest BCUT2D eigenvalue weighted by molar-refractivity contribution is 6.31. The Bertz CT molecular complexity index is 476. The Labute approximate surface area is 86.9 Å². The summed E-state index contributed by atoms with van der Waals surface area (Å²) in [6.07, 6.45) is 0. The molecule has 0 aliphatic rings. The minimum absolute atomic E-state index is 0.251. The third-order valence-electron chi connectivity index (χ3n) is 1.99. The normalized spacial score (nSPS) is 11.4. The number of oxazole rings is 1. The molecular formula is C10H11ClN2O. The van der Waals surface area contributed by atoms with E-state index in [1.807, 2.05) is 13.8 Å². The van der Waals surface area contributed by atoms with Crippen molar-refractivity contribution >= 4 is 28.4 Å². The van der Waals surface area contributed by atoms with E-state index in [2.05, 4.69) is 4.98 Å². The van der Waals surface area contributed by atoms with E-state index >= 15 is 0 Å². The summed E-state index contributed by atoms with van der Waals surface area (Å²) in [5.74, 6) is 0.939. The summed E-state index contributed by atoms with van der Waals surface area (Å²) in [5, 5.41) is 0.582. The average molecular weight is 211 g/mol. The number of hydrogen-bond donors (Lipinski definition) is 1. The molecule has 2 aromatic rings. The van der Waals surface area contributed by atoms with E-state index < -0.39 is 0 Å². The molecule has 14 heavy (non-hydrogen) atoms. The quantitative estimate of drug-likeness (QED) is 0.736. The van der Waals surface area contributed by atoms with Gasteiger partial charge >= 0.3 is 0 Å². The number of nitrogens with zero attached hydrogens (tertiary/aromatic N) is 1. The Hall–Kier alpha value is -1.22. The van der Waals surface area contributed by atoms with Crippen molar-refractivity contribution in [3.8, 4) is 0 Å². The predicted octanol–water partition coefficient (Wildman–Crippen LogP) is 3.19. The number of aromatic nitrogens is 1. The summed E-state index contributed by atoms with van der Waals surface area (Å²) in [6, 6.07) is 3.42. The van der Waals surface area contributed by atoms with E-state index in [0.717, 1.165) is 5.52 Å². The Morgan fingerprint density at radius 2 is 2.14 bits per heavy atom. The lowest BCUT2D eigenvalue weighted by Crippen LogP contribution is -1.84. The second kappa shape index (κ2) is 3.17. The third-order valence-corrected chi connectivity index (χ3v) is 2.21. The van der Waals surface area contributed by atoms with Crippen LogP contribution in [0.25, 0.3) is 11.1 Å². The Kier molecular flexibility index (Phi) is 2.11. The van der Waals surface area contributed by atoms with Gasteiger partial charge in [0.2, 0.25) is 0 Å². The molecule has 0 fully saturated rings. The topological polar surface area (TPSA) is 52.0 Å². The minimum atomic E-state index is 0.251. The van der Waals surface area contributed by atoms with Crippen LogP contribution in [0.2, 0.25) is 5.02 Å². The van der Waals surface area contributed by atoms with Crippen molar-refractivity contribution in [2.45, 2.75) is 19.8 Å². The molecule has 1 heterocycles. The van der Waals surface area contributed by atoms with Gasteiger partial charge < -0.3 is 10.2 Å². The monoisotopic (exact) mass is 210 g/mol. The van der Waals surface area contributed by atoms with Crippen molar-refractivity contribution in [2.75, 3.05) is 5.73 Å². The van der Waals surface area contributed by atoms with Crippen LogP contribution in [0.5, 0.6) is 0 Å². The molecular weight excluding hydrogens is 200 g/mol. The van der Waals surface area contributed by atoms with Crippen molar-refractivity contribution in [3.05, 3.63) is 23.0 Å². The van der Waals surface area contributed by atoms with E-state index in [4.69, 9.17) is 21.8 Å². The zero-order valence-corrected chi connectivity index (χ0v) is 8.80. The molecule has 3 nitrogen and oxygen atoms in total. The van der Waals surface area contributed by atoms with Crippen LogP contribution >= 0.6 is 11.6 Å². The Morgan fingerprint density at radius 3 is 2.79 bits per heavy atom. The van der Waals surface area contributed by atoms with Gasteiger partial charge in [0.25, 0.3) is 0 Å². The van der Waals surface area contributed by atoms with Crippen molar-refractivity contribution < 1.29 is 4.42 Å². The van der Waals surface area contributed by atoms with Gasteiger partial charge in [0.15, 0.2) is 11.5 Å². The van der Waals surface area contributed by atoms with Crippen LogP contribution in [0.15, 0.2) is 16.5 Å². The molecule has 0 unspecified atom stereocenters. The van der Waals surface area contributed by atoms with Crippen molar-refractivity contribution in [3.63, 3.8) is 0 Å². The molecule has 0 atom stereocenters. The number of nitrogen functional groups attached to an aromatic ring is 1. The highest BCUT2D eigenvalue weighted by atomic mass is 35.5. The molecule has 2 rings (SSSR count). The number of fused-ring (bicyclic) bond motifs is 1. The van der Waals surface area contributed by atoms with Crippen LogP contribution in [0, 0.1) is 0 Å². The van der Waals surface area contributed by atoms with Crippen molar-refractivity contribution in [1.29, 1.82) is 0 Å². The number of halogens is 1. The maximum absolute atomic E-state index is 5.85. The average Bonchev–Trinajstić information content (AvgIpc) is 2.47. The first-order chi connectivity index (χ1) is 6.58. The molecule has 1 aromatic carbocycles. The number of anilines is 1. The predicted molar refractivity (Wildman–Crippen MR) is 57.5 cm³/mol. The summed E-state index contributed by atoms with van der Waals surface area (Å²) >= 11 is 5.85. The van der Waals surface area contributed by atoms with E-state index in [1.165, 1.54) is 0 Å². The lowest BCUT2D eigenvalue weighted by atomic mass is 10.2. The fraction of sp³-hybridized carbons (Fsp3) is 0.300. The Balaban J connectivity index is 2.70. The summed E-state index contributed by atoms with van der Waals surface area (Å²) in [6.45, 7) is 4.03. The van der Waals surface area contributed by atoms with Gasteiger partial charge in [0.1, 0.15) is 5.52 Å². The smallest absolute Gasteiger partial charge is 0.198 e. The third kappa shape index (κ3) is 1.44. The van der Waals surface area contributed by atoms with Crippen molar-refractivity contribution in [1.82, 2.24) is 4.98 Å². The van der Waals surface area contributed by atoms with E-state index in [1.54, 1.807) is 12.1 Å². The van der Waals surface area contributed by atoms with Crippen LogP contribution < -0.4 is 5.73 Å². The second-order valence-electron chi connectivity index (χ2n) is 3.55. The first-order valence-corrected chi connectivity index (χ1v) is 4.81. The number of benzene rings is 1. The molecule has 2 N–H and O–H groups in total. The molecule has 0 amide bonds. The standard InChI is InChI=1S/C10H11ClN2O/c1-5(2)10-13-8-4-6(11)3-7(12)9(8)14-10/h3-5H,12H2,1-2H3. The summed E-state index contributed by atoms with van der Waals surface area (Å²) in [7, 11) is 0. The molecule has 0 saturated heterocycles.